The van der Waals surface area contributed by atoms with Gasteiger partial charge < -0.3 is 5.73 Å². The number of nitrogens with two attached hydrogens (primary N) is 1. The van der Waals surface area contributed by atoms with E-state index in [-0.39, 0.29) is 17.7 Å². The molecule has 2 unspecified atom stereocenters. The molecular weight excluding hydrogens is 236 g/mol. The van der Waals surface area contributed by atoms with Crippen LogP contribution in [0.2, 0.25) is 0 Å². The summed E-state index contributed by atoms with van der Waals surface area (Å²) < 4.78 is 0. The third-order valence-electron chi connectivity index (χ3n) is 4.03. The molecule has 1 fully saturated rings. The normalized spacial score (nSPS) is 23.4. The number of benzene rings is 1. The lowest BCUT2D eigenvalue weighted by Crippen LogP contribution is -2.38. The van der Waals surface area contributed by atoms with Gasteiger partial charge >= 0.3 is 0 Å². The number of fused-ring (bicyclic) bond motifs is 1. The van der Waals surface area contributed by atoms with E-state index in [9.17, 15) is 4.79 Å². The van der Waals surface area contributed by atoms with E-state index >= 15 is 0 Å². The average molecular weight is 254 g/mol. The maximum absolute atomic E-state index is 12.5. The fraction of sp³-hybridized carbons (Fsp3) is 0.375. The molecule has 1 aromatic carbocycles. The molecule has 0 amide bonds. The van der Waals surface area contributed by atoms with Crippen LogP contribution in [0.15, 0.2) is 36.5 Å². The molecule has 0 bridgehead atoms. The van der Waals surface area contributed by atoms with Crippen LogP contribution in [-0.2, 0) is 0 Å². The van der Waals surface area contributed by atoms with E-state index in [1.807, 2.05) is 30.3 Å². The van der Waals surface area contributed by atoms with Crippen molar-refractivity contribution in [3.63, 3.8) is 0 Å². The summed E-state index contributed by atoms with van der Waals surface area (Å²) in [7, 11) is 0. The van der Waals surface area contributed by atoms with Gasteiger partial charge in [-0.2, -0.15) is 0 Å². The second-order valence-corrected chi connectivity index (χ2v) is 5.34. The smallest absolute Gasteiger partial charge is 0.169 e. The first kappa shape index (κ1) is 12.3. The van der Waals surface area contributed by atoms with Crippen molar-refractivity contribution in [2.24, 2.45) is 11.7 Å². The first-order chi connectivity index (χ1) is 9.25. The maximum atomic E-state index is 12.5. The molecule has 19 heavy (non-hydrogen) atoms. The molecule has 1 aromatic heterocycles. The number of hydrogen-bond acceptors (Lipinski definition) is 3. The Labute approximate surface area is 112 Å². The molecule has 1 heterocycles. The van der Waals surface area contributed by atoms with Crippen LogP contribution in [0.1, 0.15) is 36.0 Å². The van der Waals surface area contributed by atoms with Gasteiger partial charge in [-0.05, 0) is 25.0 Å². The zero-order valence-electron chi connectivity index (χ0n) is 10.9. The number of nitrogens with zero attached hydrogens (tertiary/aromatic N) is 1. The van der Waals surface area contributed by atoms with Crippen LogP contribution in [0.4, 0.5) is 0 Å². The van der Waals surface area contributed by atoms with Gasteiger partial charge in [-0.25, -0.2) is 0 Å². The molecule has 2 N–H and O–H groups in total. The molecule has 3 rings (SSSR count). The number of hydrogen-bond donors (Lipinski definition) is 1. The molecule has 2 atom stereocenters. The molecule has 1 saturated carbocycles. The molecule has 0 spiro atoms. The van der Waals surface area contributed by atoms with Crippen molar-refractivity contribution < 1.29 is 4.79 Å². The van der Waals surface area contributed by atoms with E-state index in [1.165, 1.54) is 0 Å². The molecule has 3 heteroatoms. The average Bonchev–Trinajstić information content (AvgIpc) is 2.46. The molecule has 0 aliphatic heterocycles. The van der Waals surface area contributed by atoms with Crippen LogP contribution in [0, 0.1) is 5.92 Å². The highest BCUT2D eigenvalue weighted by Gasteiger charge is 2.29. The van der Waals surface area contributed by atoms with Crippen molar-refractivity contribution in [1.82, 2.24) is 4.98 Å². The number of rotatable bonds is 2. The third kappa shape index (κ3) is 2.38. The lowest BCUT2D eigenvalue weighted by atomic mass is 9.80. The van der Waals surface area contributed by atoms with Gasteiger partial charge in [0.15, 0.2) is 5.78 Å². The highest BCUT2D eigenvalue weighted by Crippen LogP contribution is 2.27. The van der Waals surface area contributed by atoms with Gasteiger partial charge in [0.2, 0.25) is 0 Å². The largest absolute Gasteiger partial charge is 0.327 e. The lowest BCUT2D eigenvalue weighted by molar-refractivity contribution is 0.0871. The minimum absolute atomic E-state index is 0.00715. The van der Waals surface area contributed by atoms with Crippen molar-refractivity contribution in [1.29, 1.82) is 0 Å². The minimum Gasteiger partial charge on any atom is -0.327 e. The van der Waals surface area contributed by atoms with Gasteiger partial charge in [0.25, 0.3) is 0 Å². The monoisotopic (exact) mass is 254 g/mol. The number of aromatic nitrogens is 1. The van der Waals surface area contributed by atoms with Crippen molar-refractivity contribution >= 4 is 16.7 Å². The summed E-state index contributed by atoms with van der Waals surface area (Å²) in [6.07, 6.45) is 5.79. The molecule has 1 aliphatic rings. The van der Waals surface area contributed by atoms with Gasteiger partial charge in [0.1, 0.15) is 0 Å². The summed E-state index contributed by atoms with van der Waals surface area (Å²) in [6, 6.07) is 9.80. The van der Waals surface area contributed by atoms with Crippen molar-refractivity contribution in [3.8, 4) is 0 Å². The Morgan fingerprint density at radius 2 is 2.00 bits per heavy atom. The van der Waals surface area contributed by atoms with Gasteiger partial charge in [-0.15, -0.1) is 0 Å². The highest BCUT2D eigenvalue weighted by atomic mass is 16.1. The van der Waals surface area contributed by atoms with E-state index in [2.05, 4.69) is 4.98 Å². The fourth-order valence-corrected chi connectivity index (χ4v) is 2.90. The Morgan fingerprint density at radius 1 is 1.21 bits per heavy atom. The number of carbonyl (C=O) groups is 1. The minimum atomic E-state index is -0.0308. The Hall–Kier alpha value is -1.74. The maximum Gasteiger partial charge on any atom is 0.169 e. The summed E-state index contributed by atoms with van der Waals surface area (Å²) in [4.78, 5) is 16.9. The summed E-state index contributed by atoms with van der Waals surface area (Å²) in [5, 5.41) is 1.01. The summed E-state index contributed by atoms with van der Waals surface area (Å²) in [5.41, 5.74) is 7.71. The molecule has 98 valence electrons. The fourth-order valence-electron chi connectivity index (χ4n) is 2.90. The predicted octanol–water partition coefficient (Wildman–Crippen LogP) is 2.94. The number of carbonyl (C=O) groups excluding carboxylic acids is 1. The van der Waals surface area contributed by atoms with Crippen LogP contribution < -0.4 is 5.73 Å². The highest BCUT2D eigenvalue weighted by molar-refractivity contribution is 6.00. The summed E-state index contributed by atoms with van der Waals surface area (Å²) in [6.45, 7) is 0. The van der Waals surface area contributed by atoms with E-state index in [0.717, 1.165) is 36.6 Å². The summed E-state index contributed by atoms with van der Waals surface area (Å²) >= 11 is 0. The third-order valence-corrected chi connectivity index (χ3v) is 4.03. The van der Waals surface area contributed by atoms with Crippen molar-refractivity contribution in [2.75, 3.05) is 0 Å². The molecule has 1 aliphatic carbocycles. The standard InChI is InChI=1S/C16H18N2O/c17-14-7-3-2-6-13(14)16(19)12-9-11-5-1-4-8-15(11)18-10-12/h1,4-5,8-10,13-14H,2-3,6-7,17H2. The Kier molecular flexibility index (Phi) is 3.30. The topological polar surface area (TPSA) is 56.0 Å². The molecule has 2 aromatic rings. The molecule has 0 radical (unpaired) electrons. The van der Waals surface area contributed by atoms with Gasteiger partial charge in [-0.1, -0.05) is 31.0 Å². The lowest BCUT2D eigenvalue weighted by Gasteiger charge is -2.27. The van der Waals surface area contributed by atoms with E-state index in [4.69, 9.17) is 5.73 Å². The quantitative estimate of drug-likeness (QED) is 0.838. The zero-order chi connectivity index (χ0) is 13.2. The number of pyridine rings is 1. The Balaban J connectivity index is 1.92. The molecule has 3 nitrogen and oxygen atoms in total. The Morgan fingerprint density at radius 3 is 2.84 bits per heavy atom. The second-order valence-electron chi connectivity index (χ2n) is 5.34. The number of para-hydroxylation sites is 1. The number of Topliss-reactive ketones (excluding diaryl/α,β-unsaturated/α-hetero) is 1. The molecule has 0 saturated heterocycles. The summed E-state index contributed by atoms with van der Waals surface area (Å²) in [5.74, 6) is 0.127. The van der Waals surface area contributed by atoms with Crippen molar-refractivity contribution in [2.45, 2.75) is 31.7 Å². The van der Waals surface area contributed by atoms with E-state index in [1.54, 1.807) is 6.20 Å². The first-order valence-electron chi connectivity index (χ1n) is 6.90. The van der Waals surface area contributed by atoms with E-state index < -0.39 is 0 Å². The van der Waals surface area contributed by atoms with Crippen molar-refractivity contribution in [3.05, 3.63) is 42.1 Å². The van der Waals surface area contributed by atoms with Gasteiger partial charge in [0.05, 0.1) is 5.52 Å². The SMILES string of the molecule is NC1CCCCC1C(=O)c1cnc2ccccc2c1. The first-order valence-corrected chi connectivity index (χ1v) is 6.90. The van der Waals surface area contributed by atoms with Crippen LogP contribution in [-0.4, -0.2) is 16.8 Å². The van der Waals surface area contributed by atoms with E-state index in [0.29, 0.717) is 5.56 Å². The number of ketones is 1. The zero-order valence-corrected chi connectivity index (χ0v) is 10.9. The van der Waals surface area contributed by atoms with Crippen LogP contribution in [0.25, 0.3) is 10.9 Å². The van der Waals surface area contributed by atoms with Crippen LogP contribution >= 0.6 is 0 Å². The van der Waals surface area contributed by atoms with Crippen LogP contribution in [0.5, 0.6) is 0 Å². The predicted molar refractivity (Wildman–Crippen MR) is 76.0 cm³/mol. The van der Waals surface area contributed by atoms with Gasteiger partial charge in [0, 0.05) is 29.1 Å². The molecular formula is C16H18N2O. The van der Waals surface area contributed by atoms with Crippen LogP contribution in [0.3, 0.4) is 0 Å². The second kappa shape index (κ2) is 5.10. The Bertz CT molecular complexity index is 608. The van der Waals surface area contributed by atoms with Gasteiger partial charge in [-0.3, -0.25) is 9.78 Å².